The molecule has 1 aromatic carbocycles. The molecule has 128 valence electrons. The van der Waals surface area contributed by atoms with E-state index in [0.29, 0.717) is 30.6 Å². The summed E-state index contributed by atoms with van der Waals surface area (Å²) >= 11 is 0.262. The van der Waals surface area contributed by atoms with Gasteiger partial charge in [-0.05, 0) is 0 Å². The first-order chi connectivity index (χ1) is 11.7. The van der Waals surface area contributed by atoms with Crippen molar-refractivity contribution in [2.45, 2.75) is 30.4 Å². The molecule has 4 nitrogen and oxygen atoms in total. The Labute approximate surface area is 148 Å². The van der Waals surface area contributed by atoms with Crippen LogP contribution in [0.15, 0.2) is 42.0 Å². The number of rotatable bonds is 2. The minimum absolute atomic E-state index is 0.0946. The second kappa shape index (κ2) is 6.64. The molecule has 0 N–H and O–H groups in total. The van der Waals surface area contributed by atoms with Gasteiger partial charge in [0.2, 0.25) is 0 Å². The third-order valence-corrected chi connectivity index (χ3v) is 7.99. The molecule has 2 saturated heterocycles. The molecule has 0 unspecified atom stereocenters. The van der Waals surface area contributed by atoms with E-state index in [1.807, 2.05) is 6.07 Å². The summed E-state index contributed by atoms with van der Waals surface area (Å²) in [6.07, 6.45) is 3.79. The zero-order valence-corrected chi connectivity index (χ0v) is 15.5. The van der Waals surface area contributed by atoms with Gasteiger partial charge in [0.1, 0.15) is 0 Å². The third kappa shape index (κ3) is 3.18. The number of carbonyl (C=O) groups is 1. The van der Waals surface area contributed by atoms with Crippen molar-refractivity contribution >= 4 is 25.4 Å². The van der Waals surface area contributed by atoms with Gasteiger partial charge in [0.15, 0.2) is 0 Å². The number of hydrogen-bond donors (Lipinski definition) is 0. The van der Waals surface area contributed by atoms with Gasteiger partial charge in [-0.2, -0.15) is 0 Å². The van der Waals surface area contributed by atoms with Gasteiger partial charge in [-0.1, -0.05) is 0 Å². The molecule has 3 aliphatic rings. The second-order valence-electron chi connectivity index (χ2n) is 6.81. The van der Waals surface area contributed by atoms with Crippen LogP contribution in [-0.4, -0.2) is 46.5 Å². The van der Waals surface area contributed by atoms with Crippen LogP contribution in [0.2, 0.25) is 4.82 Å². The molecule has 3 atom stereocenters. The van der Waals surface area contributed by atoms with Crippen molar-refractivity contribution in [3.63, 3.8) is 0 Å². The summed E-state index contributed by atoms with van der Waals surface area (Å²) in [7, 11) is 0. The summed E-state index contributed by atoms with van der Waals surface area (Å²) < 4.78 is 18.7. The fourth-order valence-electron chi connectivity index (χ4n) is 3.83. The van der Waals surface area contributed by atoms with Crippen molar-refractivity contribution in [1.82, 2.24) is 0 Å². The van der Waals surface area contributed by atoms with Gasteiger partial charge < -0.3 is 0 Å². The van der Waals surface area contributed by atoms with Gasteiger partial charge in [-0.25, -0.2) is 0 Å². The molecular formula is C19H22O4Se. The molecule has 0 bridgehead atoms. The Bertz CT molecular complexity index is 636. The molecule has 24 heavy (non-hydrogen) atoms. The maximum atomic E-state index is 12.2. The Hall–Kier alpha value is -1.13. The first-order valence-electron chi connectivity index (χ1n) is 8.54. The average molecular weight is 393 g/mol. The molecule has 0 radical (unpaired) electrons. The zero-order valence-electron chi connectivity index (χ0n) is 13.8. The molecule has 5 heteroatoms. The molecule has 0 saturated carbocycles. The van der Waals surface area contributed by atoms with E-state index in [0.717, 1.165) is 18.4 Å². The van der Waals surface area contributed by atoms with Crippen molar-refractivity contribution in [3.05, 3.63) is 42.0 Å². The van der Waals surface area contributed by atoms with E-state index in [1.54, 1.807) is 0 Å². The van der Waals surface area contributed by atoms with Crippen LogP contribution >= 0.6 is 0 Å². The van der Waals surface area contributed by atoms with E-state index >= 15 is 0 Å². The molecule has 1 spiro atoms. The number of ether oxygens (including phenoxy) is 3. The van der Waals surface area contributed by atoms with Crippen LogP contribution in [0.1, 0.15) is 19.8 Å². The topological polar surface area (TPSA) is 44.8 Å². The number of carbonyl (C=O) groups excluding carboxylic acids is 1. The van der Waals surface area contributed by atoms with Crippen molar-refractivity contribution in [1.29, 1.82) is 0 Å². The van der Waals surface area contributed by atoms with E-state index in [2.05, 4.69) is 37.3 Å². The molecule has 2 heterocycles. The molecule has 1 aliphatic carbocycles. The number of benzene rings is 1. The summed E-state index contributed by atoms with van der Waals surface area (Å²) in [5.41, 5.74) is 0.836. The first-order valence-corrected chi connectivity index (χ1v) is 10.4. The number of allylic oxidation sites excluding steroid dienone is 1. The Morgan fingerprint density at radius 3 is 2.62 bits per heavy atom. The van der Waals surface area contributed by atoms with Crippen molar-refractivity contribution in [3.8, 4) is 0 Å². The zero-order chi connectivity index (χ0) is 16.6. The van der Waals surface area contributed by atoms with Crippen LogP contribution in [0.4, 0.5) is 0 Å². The van der Waals surface area contributed by atoms with Gasteiger partial charge >= 0.3 is 148 Å². The quantitative estimate of drug-likeness (QED) is 0.570. The summed E-state index contributed by atoms with van der Waals surface area (Å²) in [6, 6.07) is 10.5. The van der Waals surface area contributed by atoms with E-state index in [9.17, 15) is 4.79 Å². The Morgan fingerprint density at radius 2 is 1.88 bits per heavy atom. The second-order valence-corrected chi connectivity index (χ2v) is 9.43. The first kappa shape index (κ1) is 16.3. The molecule has 0 amide bonds. The van der Waals surface area contributed by atoms with Gasteiger partial charge in [-0.3, -0.25) is 0 Å². The summed E-state index contributed by atoms with van der Waals surface area (Å²) in [6.45, 7) is 3.99. The average Bonchev–Trinajstić information content (AvgIpc) is 3.16. The fourth-order valence-corrected chi connectivity index (χ4v) is 6.29. The number of esters is 1. The molecule has 2 fully saturated rings. The maximum absolute atomic E-state index is 12.2. The van der Waals surface area contributed by atoms with Crippen molar-refractivity contribution in [2.75, 3.05) is 19.8 Å². The van der Waals surface area contributed by atoms with Crippen molar-refractivity contribution in [2.24, 2.45) is 11.8 Å². The van der Waals surface area contributed by atoms with Crippen molar-refractivity contribution < 1.29 is 19.0 Å². The van der Waals surface area contributed by atoms with Gasteiger partial charge in [0.05, 0.1) is 0 Å². The molecule has 4 rings (SSSR count). The predicted molar refractivity (Wildman–Crippen MR) is 91.1 cm³/mol. The van der Waals surface area contributed by atoms with Gasteiger partial charge in [0, 0.05) is 0 Å². The standard InChI is InChI=1S/C19H22O4Se/c1-13-10-19(22-7-8-23-19)11-14-12-21-18(20)16(14)9-17(13)24-15-5-3-2-4-6-15/h2-6,9,13-14,17H,7-8,10-12H2,1H3/b16-9+/t13-,14-,17-/m0/s1. The Kier molecular flexibility index (Phi) is 4.52. The number of hydrogen-bond acceptors (Lipinski definition) is 4. The van der Waals surface area contributed by atoms with Crippen LogP contribution in [0.5, 0.6) is 0 Å². The molecule has 1 aromatic rings. The summed E-state index contributed by atoms with van der Waals surface area (Å²) in [4.78, 5) is 12.6. The fraction of sp³-hybridized carbons (Fsp3) is 0.526. The van der Waals surface area contributed by atoms with E-state index in [-0.39, 0.29) is 26.8 Å². The van der Waals surface area contributed by atoms with Crippen LogP contribution in [-0.2, 0) is 19.0 Å². The Morgan fingerprint density at radius 1 is 1.12 bits per heavy atom. The van der Waals surface area contributed by atoms with Gasteiger partial charge in [-0.15, -0.1) is 0 Å². The van der Waals surface area contributed by atoms with Crippen LogP contribution in [0.25, 0.3) is 0 Å². The number of fused-ring (bicyclic) bond motifs is 1. The summed E-state index contributed by atoms with van der Waals surface area (Å²) in [5.74, 6) is -0.207. The monoisotopic (exact) mass is 394 g/mol. The molecule has 2 aliphatic heterocycles. The third-order valence-electron chi connectivity index (χ3n) is 5.02. The van der Waals surface area contributed by atoms with Crippen LogP contribution in [0.3, 0.4) is 0 Å². The van der Waals surface area contributed by atoms with E-state index in [1.165, 1.54) is 4.46 Å². The molecular weight excluding hydrogens is 371 g/mol. The van der Waals surface area contributed by atoms with Crippen LogP contribution < -0.4 is 4.46 Å². The predicted octanol–water partition coefficient (Wildman–Crippen LogP) is 2.08. The van der Waals surface area contributed by atoms with E-state index in [4.69, 9.17) is 14.2 Å². The van der Waals surface area contributed by atoms with E-state index < -0.39 is 5.79 Å². The summed E-state index contributed by atoms with van der Waals surface area (Å²) in [5, 5.41) is 0. The van der Waals surface area contributed by atoms with Crippen LogP contribution in [0, 0.1) is 11.8 Å². The Balaban J connectivity index is 1.66. The molecule has 0 aromatic heterocycles. The minimum atomic E-state index is -0.539. The number of cyclic esters (lactones) is 1. The van der Waals surface area contributed by atoms with Gasteiger partial charge in [0.25, 0.3) is 0 Å². The SMILES string of the molecule is C[C@H]1CC2(C[C@H]3COC(=O)/C3=C/[C@@H]1[Se]c1ccccc1)OCCO2. The normalized spacial score (nSPS) is 34.1.